The molecule has 1 aromatic heterocycles. The molecule has 0 bridgehead atoms. The van der Waals surface area contributed by atoms with Gasteiger partial charge in [-0.1, -0.05) is 6.92 Å². The number of nitrogens with zero attached hydrogens (tertiary/aromatic N) is 3. The molecule has 0 saturated heterocycles. The SMILES string of the molecule is CCOCC1(C)CCC(c2c(CN(C)CCNC)nn3c2CCC3)CC1. The van der Waals surface area contributed by atoms with Gasteiger partial charge in [0.15, 0.2) is 0 Å². The first kappa shape index (κ1) is 19.8. The van der Waals surface area contributed by atoms with E-state index in [1.807, 2.05) is 7.05 Å². The molecule has 1 saturated carbocycles. The van der Waals surface area contributed by atoms with E-state index < -0.39 is 0 Å². The molecule has 0 unspecified atom stereocenters. The Morgan fingerprint density at radius 3 is 2.81 bits per heavy atom. The van der Waals surface area contributed by atoms with Crippen molar-refractivity contribution in [2.75, 3.05) is 40.4 Å². The Hall–Kier alpha value is -0.910. The Labute approximate surface area is 159 Å². The summed E-state index contributed by atoms with van der Waals surface area (Å²) in [6.07, 6.45) is 7.61. The molecule has 1 fully saturated rings. The summed E-state index contributed by atoms with van der Waals surface area (Å²) in [5.41, 5.74) is 4.86. The van der Waals surface area contributed by atoms with Crippen molar-refractivity contribution in [3.63, 3.8) is 0 Å². The van der Waals surface area contributed by atoms with Gasteiger partial charge in [0, 0.05) is 44.0 Å². The molecule has 0 amide bonds. The second kappa shape index (κ2) is 8.85. The standard InChI is InChI=1S/C21H38N4O/c1-5-26-16-21(2)10-8-17(9-11-21)20-18(15-24(4)14-12-22-3)23-25-13-6-7-19(20)25/h17,22H,5-16H2,1-4H3. The van der Waals surface area contributed by atoms with Crippen LogP contribution in [-0.2, 0) is 24.2 Å². The average molecular weight is 363 g/mol. The number of fused-ring (bicyclic) bond motifs is 1. The van der Waals surface area contributed by atoms with Gasteiger partial charge >= 0.3 is 0 Å². The third kappa shape index (κ3) is 4.49. The first-order chi connectivity index (χ1) is 12.6. The summed E-state index contributed by atoms with van der Waals surface area (Å²) < 4.78 is 8.07. The van der Waals surface area contributed by atoms with Crippen molar-refractivity contribution in [2.24, 2.45) is 5.41 Å². The molecular weight excluding hydrogens is 324 g/mol. The van der Waals surface area contributed by atoms with Crippen molar-refractivity contribution < 1.29 is 4.74 Å². The molecule has 0 spiro atoms. The highest BCUT2D eigenvalue weighted by Crippen LogP contribution is 2.45. The molecule has 0 aromatic carbocycles. The van der Waals surface area contributed by atoms with E-state index in [-0.39, 0.29) is 0 Å². The Kier molecular flexibility index (Phi) is 6.76. The van der Waals surface area contributed by atoms with Gasteiger partial charge in [0.25, 0.3) is 0 Å². The molecule has 3 rings (SSSR count). The minimum absolute atomic E-state index is 0.368. The number of aromatic nitrogens is 2. The average Bonchev–Trinajstić information content (AvgIpc) is 3.20. The summed E-state index contributed by atoms with van der Waals surface area (Å²) >= 11 is 0. The molecule has 0 atom stereocenters. The second-order valence-electron chi connectivity index (χ2n) is 8.70. The van der Waals surface area contributed by atoms with Gasteiger partial charge in [-0.3, -0.25) is 9.58 Å². The second-order valence-corrected chi connectivity index (χ2v) is 8.70. The van der Waals surface area contributed by atoms with E-state index in [0.29, 0.717) is 11.3 Å². The molecule has 2 aliphatic rings. The Morgan fingerprint density at radius 1 is 1.35 bits per heavy atom. The molecule has 26 heavy (non-hydrogen) atoms. The summed E-state index contributed by atoms with van der Waals surface area (Å²) in [5, 5.41) is 8.28. The number of rotatable bonds is 9. The third-order valence-electron chi connectivity index (χ3n) is 6.38. The maximum Gasteiger partial charge on any atom is 0.0802 e. The van der Waals surface area contributed by atoms with Crippen molar-refractivity contribution in [1.82, 2.24) is 20.0 Å². The van der Waals surface area contributed by atoms with Crippen molar-refractivity contribution in [2.45, 2.75) is 71.4 Å². The van der Waals surface area contributed by atoms with Crippen LogP contribution in [0.1, 0.15) is 68.8 Å². The minimum atomic E-state index is 0.368. The van der Waals surface area contributed by atoms with E-state index in [1.54, 1.807) is 11.3 Å². The Bertz CT molecular complexity index is 575. The zero-order chi connectivity index (χ0) is 18.6. The molecule has 1 N–H and O–H groups in total. The van der Waals surface area contributed by atoms with Gasteiger partial charge in [0.1, 0.15) is 0 Å². The van der Waals surface area contributed by atoms with Crippen LogP contribution in [0, 0.1) is 5.41 Å². The van der Waals surface area contributed by atoms with E-state index in [2.05, 4.69) is 35.8 Å². The van der Waals surface area contributed by atoms with Gasteiger partial charge in [-0.05, 0) is 70.9 Å². The quantitative estimate of drug-likeness (QED) is 0.733. The van der Waals surface area contributed by atoms with E-state index >= 15 is 0 Å². The Balaban J connectivity index is 1.71. The highest BCUT2D eigenvalue weighted by Gasteiger charge is 2.35. The number of ether oxygens (including phenoxy) is 1. The normalized spacial score (nSPS) is 25.8. The van der Waals surface area contributed by atoms with Crippen LogP contribution < -0.4 is 5.32 Å². The summed E-state index contributed by atoms with van der Waals surface area (Å²) in [7, 11) is 4.23. The van der Waals surface area contributed by atoms with E-state index in [4.69, 9.17) is 9.84 Å². The van der Waals surface area contributed by atoms with Crippen LogP contribution in [0.5, 0.6) is 0 Å². The van der Waals surface area contributed by atoms with Crippen LogP contribution in [0.2, 0.25) is 0 Å². The highest BCUT2D eigenvalue weighted by atomic mass is 16.5. The zero-order valence-electron chi connectivity index (χ0n) is 17.3. The smallest absolute Gasteiger partial charge is 0.0802 e. The van der Waals surface area contributed by atoms with Crippen LogP contribution in [0.3, 0.4) is 0 Å². The third-order valence-corrected chi connectivity index (χ3v) is 6.38. The lowest BCUT2D eigenvalue weighted by atomic mass is 9.70. The predicted molar refractivity (Wildman–Crippen MR) is 107 cm³/mol. The molecule has 1 aliphatic carbocycles. The largest absolute Gasteiger partial charge is 0.381 e. The van der Waals surface area contributed by atoms with Gasteiger partial charge < -0.3 is 10.1 Å². The number of hydrogen-bond donors (Lipinski definition) is 1. The molecule has 1 aliphatic heterocycles. The first-order valence-electron chi connectivity index (χ1n) is 10.6. The molecule has 0 radical (unpaired) electrons. The molecule has 2 heterocycles. The monoisotopic (exact) mass is 362 g/mol. The molecule has 5 heteroatoms. The van der Waals surface area contributed by atoms with Gasteiger partial charge in [-0.2, -0.15) is 5.10 Å². The fourth-order valence-electron chi connectivity index (χ4n) is 4.73. The predicted octanol–water partition coefficient (Wildman–Crippen LogP) is 3.18. The van der Waals surface area contributed by atoms with E-state index in [9.17, 15) is 0 Å². The van der Waals surface area contributed by atoms with Crippen LogP contribution >= 0.6 is 0 Å². The number of nitrogens with one attached hydrogen (secondary N) is 1. The summed E-state index contributed by atoms with van der Waals surface area (Å²) in [6.45, 7) is 10.4. The van der Waals surface area contributed by atoms with Gasteiger partial charge in [0.2, 0.25) is 0 Å². The number of hydrogen-bond acceptors (Lipinski definition) is 4. The lowest BCUT2D eigenvalue weighted by molar-refractivity contribution is 0.0340. The Morgan fingerprint density at radius 2 is 2.12 bits per heavy atom. The van der Waals surface area contributed by atoms with Crippen LogP contribution in [0.4, 0.5) is 0 Å². The number of aryl methyl sites for hydroxylation is 1. The van der Waals surface area contributed by atoms with Crippen LogP contribution in [0.15, 0.2) is 0 Å². The lowest BCUT2D eigenvalue weighted by Gasteiger charge is -2.37. The van der Waals surface area contributed by atoms with Crippen molar-refractivity contribution >= 4 is 0 Å². The van der Waals surface area contributed by atoms with Crippen molar-refractivity contribution in [3.05, 3.63) is 17.0 Å². The maximum absolute atomic E-state index is 5.76. The lowest BCUT2D eigenvalue weighted by Crippen LogP contribution is -2.30. The minimum Gasteiger partial charge on any atom is -0.381 e. The number of likely N-dealkylation sites (N-methyl/N-ethyl adjacent to an activating group) is 2. The van der Waals surface area contributed by atoms with E-state index in [1.165, 1.54) is 44.2 Å². The van der Waals surface area contributed by atoms with E-state index in [0.717, 1.165) is 39.4 Å². The highest BCUT2D eigenvalue weighted by molar-refractivity contribution is 5.33. The van der Waals surface area contributed by atoms with Gasteiger partial charge in [-0.25, -0.2) is 0 Å². The maximum atomic E-state index is 5.76. The van der Waals surface area contributed by atoms with Crippen LogP contribution in [-0.4, -0.2) is 55.1 Å². The fraction of sp³-hybridized carbons (Fsp3) is 0.857. The van der Waals surface area contributed by atoms with Gasteiger partial charge in [0.05, 0.1) is 12.3 Å². The van der Waals surface area contributed by atoms with Gasteiger partial charge in [-0.15, -0.1) is 0 Å². The summed E-state index contributed by atoms with van der Waals surface area (Å²) in [4.78, 5) is 2.40. The zero-order valence-corrected chi connectivity index (χ0v) is 17.3. The van der Waals surface area contributed by atoms with Crippen molar-refractivity contribution in [3.8, 4) is 0 Å². The summed E-state index contributed by atoms with van der Waals surface area (Å²) in [5.74, 6) is 0.694. The summed E-state index contributed by atoms with van der Waals surface area (Å²) in [6, 6.07) is 0. The first-order valence-corrected chi connectivity index (χ1v) is 10.6. The molecule has 148 valence electrons. The molecule has 1 aromatic rings. The van der Waals surface area contributed by atoms with Crippen molar-refractivity contribution in [1.29, 1.82) is 0 Å². The van der Waals surface area contributed by atoms with Crippen LogP contribution in [0.25, 0.3) is 0 Å². The molecule has 5 nitrogen and oxygen atoms in total. The topological polar surface area (TPSA) is 42.3 Å². The fourth-order valence-corrected chi connectivity index (χ4v) is 4.73. The molecular formula is C21H38N4O.